The number of carbonyl (C=O) groups excluding carboxylic acids is 1. The van der Waals surface area contributed by atoms with Crippen molar-refractivity contribution in [1.29, 1.82) is 5.41 Å². The van der Waals surface area contributed by atoms with E-state index >= 15 is 0 Å². The fourth-order valence-corrected chi connectivity index (χ4v) is 4.12. The zero-order valence-electron chi connectivity index (χ0n) is 19.6. The number of fused-ring (bicyclic) bond motifs is 1. The highest BCUT2D eigenvalue weighted by molar-refractivity contribution is 6.19. The first-order valence-electron chi connectivity index (χ1n) is 11.6. The lowest BCUT2D eigenvalue weighted by molar-refractivity contribution is -0.117. The molecule has 1 saturated heterocycles. The van der Waals surface area contributed by atoms with E-state index in [2.05, 4.69) is 20.2 Å². The zero-order valence-corrected chi connectivity index (χ0v) is 19.6. The largest absolute Gasteiger partial charge is 0.407 e. The van der Waals surface area contributed by atoms with Crippen LogP contribution < -0.4 is 16.0 Å². The number of para-hydroxylation sites is 1. The predicted molar refractivity (Wildman–Crippen MR) is 140 cm³/mol. The number of ether oxygens (including phenoxy) is 2. The number of aliphatic imine (C=N–C) groups is 2. The molecule has 3 aromatic rings. The number of nitrogens with two attached hydrogens (primary N) is 1. The Balaban J connectivity index is 1.36. The number of nitrogens with zero attached hydrogens (tertiary/aromatic N) is 3. The average Bonchev–Trinajstić information content (AvgIpc) is 3.06. The summed E-state index contributed by atoms with van der Waals surface area (Å²) in [5.41, 5.74) is 10.5. The van der Waals surface area contributed by atoms with Crippen molar-refractivity contribution in [2.75, 3.05) is 36.5 Å². The molecule has 5 rings (SSSR count). The number of nitrogens with one attached hydrogen (secondary N) is 2. The number of anilines is 2. The normalized spacial score (nSPS) is 17.9. The van der Waals surface area contributed by atoms with Crippen molar-refractivity contribution < 1.29 is 14.3 Å². The van der Waals surface area contributed by atoms with Crippen molar-refractivity contribution in [3.05, 3.63) is 95.6 Å². The van der Waals surface area contributed by atoms with E-state index in [1.807, 2.05) is 66.7 Å². The fourth-order valence-electron chi connectivity index (χ4n) is 4.12. The number of amidine groups is 1. The number of rotatable bonds is 4. The topological polar surface area (TPSA) is 125 Å². The molecule has 0 aliphatic carbocycles. The zero-order chi connectivity index (χ0) is 24.9. The Labute approximate surface area is 208 Å². The number of hydrogen-bond acceptors (Lipinski definition) is 7. The lowest BCUT2D eigenvalue weighted by Gasteiger charge is -2.28. The fraction of sp³-hybridized carbons (Fsp3) is 0.185. The Morgan fingerprint density at radius 3 is 2.47 bits per heavy atom. The molecule has 1 atom stereocenters. The van der Waals surface area contributed by atoms with Crippen LogP contribution in [0.1, 0.15) is 16.7 Å². The lowest BCUT2D eigenvalue weighted by Crippen LogP contribution is -2.36. The highest BCUT2D eigenvalue weighted by Crippen LogP contribution is 2.24. The summed E-state index contributed by atoms with van der Waals surface area (Å²) in [6.07, 6.45) is -1.18. The summed E-state index contributed by atoms with van der Waals surface area (Å²) >= 11 is 0. The summed E-state index contributed by atoms with van der Waals surface area (Å²) in [5.74, 6) is -0.615. The van der Waals surface area contributed by atoms with Gasteiger partial charge in [0.1, 0.15) is 0 Å². The number of morpholine rings is 1. The maximum atomic E-state index is 12.9. The van der Waals surface area contributed by atoms with Gasteiger partial charge < -0.3 is 25.4 Å². The third-order valence-corrected chi connectivity index (χ3v) is 5.94. The highest BCUT2D eigenvalue weighted by Gasteiger charge is 2.26. The van der Waals surface area contributed by atoms with E-state index < -0.39 is 12.1 Å². The van der Waals surface area contributed by atoms with Crippen LogP contribution in [-0.4, -0.2) is 56.0 Å². The quantitative estimate of drug-likeness (QED) is 0.389. The van der Waals surface area contributed by atoms with E-state index in [4.69, 9.17) is 20.6 Å². The molecule has 9 heteroatoms. The second-order valence-electron chi connectivity index (χ2n) is 8.30. The molecular formula is C27H26N6O3. The molecule has 3 aromatic carbocycles. The minimum absolute atomic E-state index is 0.172. The van der Waals surface area contributed by atoms with Gasteiger partial charge in [-0.25, -0.2) is 4.99 Å². The van der Waals surface area contributed by atoms with E-state index in [-0.39, 0.29) is 11.9 Å². The summed E-state index contributed by atoms with van der Waals surface area (Å²) in [7, 11) is 0. The molecular weight excluding hydrogens is 456 g/mol. The van der Waals surface area contributed by atoms with Gasteiger partial charge in [-0.3, -0.25) is 10.2 Å². The standard InChI is InChI=1S/C27H26N6O3/c28-24(19-10-12-20(13-11-19)33-14-16-35-17-15-33)36-27(29)32-25-26(34)30-22-9-5-4-8-21(22)23(31-25)18-6-2-1-3-7-18/h1-13,25,28H,14-17H2,(H2,29,32)(H,30,34)/t25-/m1/s1. The minimum atomic E-state index is -1.18. The molecule has 1 amide bonds. The first kappa shape index (κ1) is 23.3. The van der Waals surface area contributed by atoms with Gasteiger partial charge in [-0.2, -0.15) is 4.99 Å². The van der Waals surface area contributed by atoms with Crippen LogP contribution in [0, 0.1) is 5.41 Å². The molecule has 0 unspecified atom stereocenters. The first-order valence-corrected chi connectivity index (χ1v) is 11.6. The molecule has 2 aliphatic heterocycles. The molecule has 182 valence electrons. The second-order valence-corrected chi connectivity index (χ2v) is 8.30. The van der Waals surface area contributed by atoms with Gasteiger partial charge in [-0.15, -0.1) is 0 Å². The molecule has 2 heterocycles. The molecule has 0 spiro atoms. The van der Waals surface area contributed by atoms with Crippen LogP contribution >= 0.6 is 0 Å². The Kier molecular flexibility index (Phi) is 6.72. The summed E-state index contributed by atoms with van der Waals surface area (Å²) in [6, 6.07) is 24.1. The van der Waals surface area contributed by atoms with Gasteiger partial charge in [0.25, 0.3) is 11.9 Å². The molecule has 0 aromatic heterocycles. The van der Waals surface area contributed by atoms with Gasteiger partial charge >= 0.3 is 0 Å². The number of hydrogen-bond donors (Lipinski definition) is 3. The van der Waals surface area contributed by atoms with Gasteiger partial charge in [0.05, 0.1) is 24.6 Å². The second kappa shape index (κ2) is 10.4. The molecule has 0 saturated carbocycles. The van der Waals surface area contributed by atoms with Gasteiger partial charge in [0, 0.05) is 35.5 Å². The van der Waals surface area contributed by atoms with E-state index in [9.17, 15) is 4.79 Å². The van der Waals surface area contributed by atoms with Crippen molar-refractivity contribution in [1.82, 2.24) is 0 Å². The third kappa shape index (κ3) is 5.11. The third-order valence-electron chi connectivity index (χ3n) is 5.94. The van der Waals surface area contributed by atoms with Crippen LogP contribution in [0.15, 0.2) is 88.8 Å². The smallest absolute Gasteiger partial charge is 0.291 e. The first-order chi connectivity index (χ1) is 17.6. The predicted octanol–water partition coefficient (Wildman–Crippen LogP) is 3.00. The van der Waals surface area contributed by atoms with E-state index in [0.29, 0.717) is 30.2 Å². The van der Waals surface area contributed by atoms with Crippen LogP contribution in [0.4, 0.5) is 11.4 Å². The number of benzene rings is 3. The molecule has 0 radical (unpaired) electrons. The lowest BCUT2D eigenvalue weighted by atomic mass is 10.0. The van der Waals surface area contributed by atoms with E-state index in [0.717, 1.165) is 29.9 Å². The summed E-state index contributed by atoms with van der Waals surface area (Å²) < 4.78 is 10.9. The Hall–Kier alpha value is -4.50. The maximum Gasteiger partial charge on any atom is 0.291 e. The van der Waals surface area contributed by atoms with Gasteiger partial charge in [-0.1, -0.05) is 48.5 Å². The van der Waals surface area contributed by atoms with Gasteiger partial charge in [-0.05, 0) is 30.3 Å². The Morgan fingerprint density at radius 1 is 1.03 bits per heavy atom. The van der Waals surface area contributed by atoms with Gasteiger partial charge in [0.2, 0.25) is 12.1 Å². The van der Waals surface area contributed by atoms with Gasteiger partial charge in [0.15, 0.2) is 0 Å². The maximum absolute atomic E-state index is 12.9. The molecule has 36 heavy (non-hydrogen) atoms. The van der Waals surface area contributed by atoms with Crippen molar-refractivity contribution in [3.8, 4) is 0 Å². The SMILES string of the molecule is N=C(OC(N)=N[C@H]1N=C(c2ccccc2)c2ccccc2NC1=O)c1ccc(N2CCOCC2)cc1. The molecule has 9 nitrogen and oxygen atoms in total. The summed E-state index contributed by atoms with van der Waals surface area (Å²) in [5, 5.41) is 11.2. The van der Waals surface area contributed by atoms with Crippen LogP contribution in [0.2, 0.25) is 0 Å². The summed E-state index contributed by atoms with van der Waals surface area (Å²) in [4.78, 5) is 24.0. The molecule has 2 aliphatic rings. The average molecular weight is 483 g/mol. The van der Waals surface area contributed by atoms with Crippen molar-refractivity contribution in [2.45, 2.75) is 6.17 Å². The van der Waals surface area contributed by atoms with Crippen molar-refractivity contribution >= 4 is 34.9 Å². The van der Waals surface area contributed by atoms with E-state index in [1.165, 1.54) is 0 Å². The van der Waals surface area contributed by atoms with Crippen molar-refractivity contribution in [2.24, 2.45) is 15.7 Å². The van der Waals surface area contributed by atoms with E-state index in [1.54, 1.807) is 12.1 Å². The number of carbonyl (C=O) groups is 1. The Bertz CT molecular complexity index is 1310. The number of amides is 1. The van der Waals surface area contributed by atoms with Crippen LogP contribution in [-0.2, 0) is 14.3 Å². The summed E-state index contributed by atoms with van der Waals surface area (Å²) in [6.45, 7) is 3.04. The number of benzodiazepines with no additional fused rings is 1. The molecule has 4 N–H and O–H groups in total. The van der Waals surface area contributed by atoms with Crippen LogP contribution in [0.3, 0.4) is 0 Å². The minimum Gasteiger partial charge on any atom is -0.407 e. The van der Waals surface area contributed by atoms with Crippen molar-refractivity contribution in [3.63, 3.8) is 0 Å². The van der Waals surface area contributed by atoms with Crippen LogP contribution in [0.5, 0.6) is 0 Å². The monoisotopic (exact) mass is 482 g/mol. The molecule has 1 fully saturated rings. The molecule has 0 bridgehead atoms. The highest BCUT2D eigenvalue weighted by atomic mass is 16.5. The Morgan fingerprint density at radius 2 is 1.72 bits per heavy atom. The van der Waals surface area contributed by atoms with Crippen LogP contribution in [0.25, 0.3) is 0 Å².